The van der Waals surface area contributed by atoms with E-state index >= 15 is 0 Å². The monoisotopic (exact) mass is 469 g/mol. The Morgan fingerprint density at radius 2 is 1.66 bits per heavy atom. The molecule has 2 aliphatic rings. The van der Waals surface area contributed by atoms with Gasteiger partial charge in [-0.15, -0.1) is 0 Å². The van der Waals surface area contributed by atoms with E-state index in [2.05, 4.69) is 81.8 Å². The van der Waals surface area contributed by atoms with Crippen molar-refractivity contribution in [3.8, 4) is 5.75 Å². The lowest BCUT2D eigenvalue weighted by Crippen LogP contribution is -2.61. The number of amides is 1. The summed E-state index contributed by atoms with van der Waals surface area (Å²) in [4.78, 5) is 18.5. The van der Waals surface area contributed by atoms with Crippen LogP contribution < -0.4 is 15.0 Å². The quantitative estimate of drug-likeness (QED) is 0.543. The fourth-order valence-corrected chi connectivity index (χ4v) is 5.51. The molecule has 5 nitrogen and oxygen atoms in total. The highest BCUT2D eigenvalue weighted by Crippen LogP contribution is 2.36. The van der Waals surface area contributed by atoms with Crippen molar-refractivity contribution in [3.63, 3.8) is 0 Å². The summed E-state index contributed by atoms with van der Waals surface area (Å²) in [6, 6.07) is 27.6. The smallest absolute Gasteiger partial charge is 0.225 e. The Hall–Kier alpha value is -3.31. The number of nitrogens with zero attached hydrogens (tertiary/aromatic N) is 2. The second-order valence-electron chi connectivity index (χ2n) is 9.63. The van der Waals surface area contributed by atoms with Gasteiger partial charge in [0.15, 0.2) is 0 Å². The van der Waals surface area contributed by atoms with Gasteiger partial charge < -0.3 is 15.0 Å². The van der Waals surface area contributed by atoms with E-state index in [1.165, 1.54) is 22.4 Å². The molecule has 0 saturated carbocycles. The lowest BCUT2D eigenvalue weighted by atomic mass is 9.83. The fraction of sp³-hybridized carbons (Fsp3) is 0.367. The number of hydrogen-bond donors (Lipinski definition) is 1. The number of piperazine rings is 1. The largest absolute Gasteiger partial charge is 0.497 e. The number of fused-ring (bicyclic) bond motifs is 3. The SMILES string of the molecule is COc1ccc(CCNC(=O)C2Cc3ccccc3N3CCN(CCc4ccccc4)CC23)cc1. The Morgan fingerprint density at radius 1 is 0.914 bits per heavy atom. The zero-order valence-electron chi connectivity index (χ0n) is 20.5. The lowest BCUT2D eigenvalue weighted by molar-refractivity contribution is -0.126. The molecule has 0 aromatic heterocycles. The molecule has 2 unspecified atom stereocenters. The van der Waals surface area contributed by atoms with Crippen LogP contribution in [0.25, 0.3) is 0 Å². The summed E-state index contributed by atoms with van der Waals surface area (Å²) < 4.78 is 5.24. The highest BCUT2D eigenvalue weighted by molar-refractivity contribution is 5.82. The molecule has 1 saturated heterocycles. The van der Waals surface area contributed by atoms with Crippen LogP contribution in [0.1, 0.15) is 16.7 Å². The molecule has 2 heterocycles. The molecule has 5 heteroatoms. The number of methoxy groups -OCH3 is 1. The average Bonchev–Trinajstić information content (AvgIpc) is 2.92. The van der Waals surface area contributed by atoms with E-state index in [-0.39, 0.29) is 17.9 Å². The van der Waals surface area contributed by atoms with Crippen molar-refractivity contribution in [3.05, 3.63) is 95.6 Å². The molecule has 182 valence electrons. The number of hydrogen-bond acceptors (Lipinski definition) is 4. The number of carbonyl (C=O) groups excluding carboxylic acids is 1. The maximum absolute atomic E-state index is 13.5. The van der Waals surface area contributed by atoms with E-state index in [4.69, 9.17) is 4.74 Å². The summed E-state index contributed by atoms with van der Waals surface area (Å²) in [7, 11) is 1.68. The van der Waals surface area contributed by atoms with Gasteiger partial charge in [-0.3, -0.25) is 9.69 Å². The molecule has 3 aromatic carbocycles. The molecule has 0 aliphatic carbocycles. The minimum Gasteiger partial charge on any atom is -0.497 e. The summed E-state index contributed by atoms with van der Waals surface area (Å²) in [6.07, 6.45) is 2.66. The normalized spacial score (nSPS) is 19.5. The van der Waals surface area contributed by atoms with Gasteiger partial charge in [0.25, 0.3) is 0 Å². The van der Waals surface area contributed by atoms with E-state index in [0.29, 0.717) is 6.54 Å². The van der Waals surface area contributed by atoms with Gasteiger partial charge >= 0.3 is 0 Å². The van der Waals surface area contributed by atoms with Crippen LogP contribution >= 0.6 is 0 Å². The van der Waals surface area contributed by atoms with Crippen molar-refractivity contribution in [2.45, 2.75) is 25.3 Å². The molecular weight excluding hydrogens is 434 g/mol. The average molecular weight is 470 g/mol. The summed E-state index contributed by atoms with van der Waals surface area (Å²) in [5.41, 5.74) is 5.17. The second-order valence-corrected chi connectivity index (χ2v) is 9.63. The standard InChI is InChI=1S/C30H35N3O2/c1-35-26-13-11-24(12-14-26)15-17-31-30(34)27-21-25-9-5-6-10-28(25)33-20-19-32(22-29(27)33)18-16-23-7-3-2-4-8-23/h2-14,27,29H,15-22H2,1H3,(H,31,34). The lowest BCUT2D eigenvalue weighted by Gasteiger charge is -2.49. The Kier molecular flexibility index (Phi) is 7.34. The molecule has 35 heavy (non-hydrogen) atoms. The van der Waals surface area contributed by atoms with Crippen LogP contribution in [0.5, 0.6) is 5.75 Å². The Balaban J connectivity index is 1.24. The van der Waals surface area contributed by atoms with Crippen molar-refractivity contribution in [1.29, 1.82) is 0 Å². The van der Waals surface area contributed by atoms with Crippen molar-refractivity contribution in [2.24, 2.45) is 5.92 Å². The van der Waals surface area contributed by atoms with Crippen LogP contribution in [0.2, 0.25) is 0 Å². The molecule has 1 amide bonds. The molecule has 0 radical (unpaired) electrons. The molecule has 2 aliphatic heterocycles. The van der Waals surface area contributed by atoms with Crippen LogP contribution in [-0.4, -0.2) is 56.7 Å². The third-order valence-electron chi connectivity index (χ3n) is 7.48. The number of anilines is 1. The number of nitrogens with one attached hydrogen (secondary N) is 1. The van der Waals surface area contributed by atoms with Crippen molar-refractivity contribution in [2.75, 3.05) is 44.7 Å². The third kappa shape index (κ3) is 5.51. The highest BCUT2D eigenvalue weighted by atomic mass is 16.5. The first-order valence-corrected chi connectivity index (χ1v) is 12.7. The molecule has 1 N–H and O–H groups in total. The van der Waals surface area contributed by atoms with Crippen molar-refractivity contribution in [1.82, 2.24) is 10.2 Å². The molecule has 0 spiro atoms. The molecule has 5 rings (SSSR count). The van der Waals surface area contributed by atoms with Gasteiger partial charge in [-0.25, -0.2) is 0 Å². The van der Waals surface area contributed by atoms with Gasteiger partial charge in [-0.05, 0) is 54.2 Å². The first kappa shape index (κ1) is 23.4. The van der Waals surface area contributed by atoms with Crippen molar-refractivity contribution >= 4 is 11.6 Å². The minimum atomic E-state index is -0.0414. The molecule has 3 aromatic rings. The Bertz CT molecular complexity index is 1120. The van der Waals surface area contributed by atoms with E-state index in [1.807, 2.05) is 12.1 Å². The van der Waals surface area contributed by atoms with E-state index in [1.54, 1.807) is 7.11 Å². The summed E-state index contributed by atoms with van der Waals surface area (Å²) >= 11 is 0. The number of ether oxygens (including phenoxy) is 1. The van der Waals surface area contributed by atoms with Gasteiger partial charge in [0, 0.05) is 38.4 Å². The Labute approximate surface area is 208 Å². The topological polar surface area (TPSA) is 44.8 Å². The summed E-state index contributed by atoms with van der Waals surface area (Å²) in [5, 5.41) is 3.25. The number of rotatable bonds is 8. The van der Waals surface area contributed by atoms with Gasteiger partial charge in [0.1, 0.15) is 5.75 Å². The fourth-order valence-electron chi connectivity index (χ4n) is 5.51. The first-order valence-electron chi connectivity index (χ1n) is 12.7. The molecule has 0 bridgehead atoms. The number of para-hydroxylation sites is 1. The second kappa shape index (κ2) is 11.0. The van der Waals surface area contributed by atoms with Gasteiger partial charge in [-0.2, -0.15) is 0 Å². The summed E-state index contributed by atoms with van der Waals surface area (Å²) in [5.74, 6) is 0.987. The van der Waals surface area contributed by atoms with E-state index in [0.717, 1.165) is 51.2 Å². The van der Waals surface area contributed by atoms with Gasteiger partial charge in [0.2, 0.25) is 5.91 Å². The zero-order valence-corrected chi connectivity index (χ0v) is 20.5. The van der Waals surface area contributed by atoms with Crippen LogP contribution in [0.3, 0.4) is 0 Å². The molecule has 2 atom stereocenters. The third-order valence-corrected chi connectivity index (χ3v) is 7.48. The van der Waals surface area contributed by atoms with Crippen molar-refractivity contribution < 1.29 is 9.53 Å². The van der Waals surface area contributed by atoms with Crippen LogP contribution in [0.4, 0.5) is 5.69 Å². The first-order chi connectivity index (χ1) is 17.2. The minimum absolute atomic E-state index is 0.0414. The van der Waals surface area contributed by atoms with Gasteiger partial charge in [0.05, 0.1) is 19.1 Å². The maximum Gasteiger partial charge on any atom is 0.225 e. The van der Waals surface area contributed by atoms with E-state index in [9.17, 15) is 4.79 Å². The molecular formula is C30H35N3O2. The summed E-state index contributed by atoms with van der Waals surface area (Å²) in [6.45, 7) is 4.60. The number of benzene rings is 3. The zero-order chi connectivity index (χ0) is 24.0. The molecule has 1 fully saturated rings. The maximum atomic E-state index is 13.5. The predicted molar refractivity (Wildman–Crippen MR) is 141 cm³/mol. The van der Waals surface area contributed by atoms with Crippen LogP contribution in [-0.2, 0) is 24.1 Å². The van der Waals surface area contributed by atoms with E-state index < -0.39 is 0 Å². The highest BCUT2D eigenvalue weighted by Gasteiger charge is 2.41. The Morgan fingerprint density at radius 3 is 2.46 bits per heavy atom. The van der Waals surface area contributed by atoms with Crippen LogP contribution in [0, 0.1) is 5.92 Å². The number of carbonyl (C=O) groups is 1. The predicted octanol–water partition coefficient (Wildman–Crippen LogP) is 3.96. The van der Waals surface area contributed by atoms with Crippen LogP contribution in [0.15, 0.2) is 78.9 Å². The van der Waals surface area contributed by atoms with Gasteiger partial charge in [-0.1, -0.05) is 60.7 Å².